The number of hydrogen-bond acceptors (Lipinski definition) is 5. The molecule has 0 aromatic carbocycles. The molecule has 0 unspecified atom stereocenters. The first-order valence-electron chi connectivity index (χ1n) is 5.67. The number of pyridine rings is 1. The van der Waals surface area contributed by atoms with E-state index < -0.39 is 5.97 Å². The van der Waals surface area contributed by atoms with Crippen LogP contribution in [0, 0.1) is 0 Å². The lowest BCUT2D eigenvalue weighted by Crippen LogP contribution is -2.42. The summed E-state index contributed by atoms with van der Waals surface area (Å²) in [7, 11) is 1.34. The standard InChI is InChI=1S/C12H17N3O2/c1-12(5-3-6-12)15-10-9(13)8(4-7-14-10)11(16)17-2/h4,7H,3,5-6,13H2,1-2H3,(H,14,15). The maximum absolute atomic E-state index is 11.5. The topological polar surface area (TPSA) is 77.2 Å². The molecular weight excluding hydrogens is 218 g/mol. The number of carbonyl (C=O) groups is 1. The number of hydrogen-bond donors (Lipinski definition) is 2. The molecule has 0 atom stereocenters. The number of anilines is 2. The third-order valence-corrected chi connectivity index (χ3v) is 3.27. The summed E-state index contributed by atoms with van der Waals surface area (Å²) in [5.74, 6) is 0.127. The zero-order chi connectivity index (χ0) is 12.5. The largest absolute Gasteiger partial charge is 0.465 e. The highest BCUT2D eigenvalue weighted by atomic mass is 16.5. The first-order valence-corrected chi connectivity index (χ1v) is 5.67. The van der Waals surface area contributed by atoms with Crippen molar-refractivity contribution in [2.24, 2.45) is 0 Å². The van der Waals surface area contributed by atoms with Crippen molar-refractivity contribution in [3.8, 4) is 0 Å². The molecule has 0 saturated heterocycles. The molecule has 5 nitrogen and oxygen atoms in total. The number of nitrogens with one attached hydrogen (secondary N) is 1. The van der Waals surface area contributed by atoms with E-state index in [4.69, 9.17) is 5.73 Å². The molecule has 1 aliphatic carbocycles. The minimum atomic E-state index is -0.438. The fourth-order valence-corrected chi connectivity index (χ4v) is 1.98. The lowest BCUT2D eigenvalue weighted by atomic mass is 9.78. The van der Waals surface area contributed by atoms with Crippen LogP contribution in [0.4, 0.5) is 11.5 Å². The van der Waals surface area contributed by atoms with Gasteiger partial charge < -0.3 is 15.8 Å². The second-order valence-corrected chi connectivity index (χ2v) is 4.65. The molecule has 0 amide bonds. The molecule has 1 aromatic heterocycles. The molecule has 2 rings (SSSR count). The molecule has 5 heteroatoms. The minimum absolute atomic E-state index is 0.0515. The molecule has 0 bridgehead atoms. The smallest absolute Gasteiger partial charge is 0.340 e. The van der Waals surface area contributed by atoms with Crippen molar-refractivity contribution in [3.63, 3.8) is 0 Å². The number of methoxy groups -OCH3 is 1. The van der Waals surface area contributed by atoms with Crippen molar-refractivity contribution < 1.29 is 9.53 Å². The van der Waals surface area contributed by atoms with Gasteiger partial charge in [0.15, 0.2) is 0 Å². The quantitative estimate of drug-likeness (QED) is 0.781. The van der Waals surface area contributed by atoms with Crippen LogP contribution >= 0.6 is 0 Å². The summed E-state index contributed by atoms with van der Waals surface area (Å²) in [5.41, 5.74) is 6.68. The Kier molecular flexibility index (Phi) is 2.92. The van der Waals surface area contributed by atoms with Crippen LogP contribution in [0.15, 0.2) is 12.3 Å². The second-order valence-electron chi connectivity index (χ2n) is 4.65. The highest BCUT2D eigenvalue weighted by molar-refractivity contribution is 5.97. The Morgan fingerprint density at radius 3 is 2.82 bits per heavy atom. The summed E-state index contributed by atoms with van der Waals surface area (Å²) < 4.78 is 4.67. The van der Waals surface area contributed by atoms with Gasteiger partial charge in [-0.2, -0.15) is 0 Å². The van der Waals surface area contributed by atoms with Crippen LogP contribution < -0.4 is 11.1 Å². The Morgan fingerprint density at radius 2 is 2.29 bits per heavy atom. The Hall–Kier alpha value is -1.78. The van der Waals surface area contributed by atoms with Gasteiger partial charge in [0.25, 0.3) is 0 Å². The lowest BCUT2D eigenvalue weighted by Gasteiger charge is -2.39. The van der Waals surface area contributed by atoms with Gasteiger partial charge in [0.2, 0.25) is 0 Å². The predicted octanol–water partition coefficient (Wildman–Crippen LogP) is 1.80. The SMILES string of the molecule is COC(=O)c1ccnc(NC2(C)CCC2)c1N. The first kappa shape index (κ1) is 11.7. The van der Waals surface area contributed by atoms with E-state index in [2.05, 4.69) is 22.0 Å². The summed E-state index contributed by atoms with van der Waals surface area (Å²) >= 11 is 0. The third-order valence-electron chi connectivity index (χ3n) is 3.27. The Morgan fingerprint density at radius 1 is 1.59 bits per heavy atom. The minimum Gasteiger partial charge on any atom is -0.465 e. The molecule has 17 heavy (non-hydrogen) atoms. The van der Waals surface area contributed by atoms with Crippen LogP contribution in [0.3, 0.4) is 0 Å². The van der Waals surface area contributed by atoms with Crippen LogP contribution in [0.1, 0.15) is 36.5 Å². The fraction of sp³-hybridized carbons (Fsp3) is 0.500. The average Bonchev–Trinajstić information content (AvgIpc) is 2.29. The van der Waals surface area contributed by atoms with Gasteiger partial charge in [0.1, 0.15) is 5.82 Å². The van der Waals surface area contributed by atoms with E-state index in [1.165, 1.54) is 13.5 Å². The third kappa shape index (κ3) is 2.18. The molecule has 92 valence electrons. The Bertz CT molecular complexity index is 441. The zero-order valence-corrected chi connectivity index (χ0v) is 10.1. The summed E-state index contributed by atoms with van der Waals surface area (Å²) in [4.78, 5) is 15.7. The van der Waals surface area contributed by atoms with E-state index in [9.17, 15) is 4.79 Å². The van der Waals surface area contributed by atoms with Crippen molar-refractivity contribution in [2.75, 3.05) is 18.2 Å². The maximum atomic E-state index is 11.5. The number of ether oxygens (including phenoxy) is 1. The molecule has 1 aromatic rings. The van der Waals surface area contributed by atoms with Gasteiger partial charge >= 0.3 is 5.97 Å². The number of nitrogens with zero attached hydrogens (tertiary/aromatic N) is 1. The summed E-state index contributed by atoms with van der Waals surface area (Å²) in [6.45, 7) is 2.13. The van der Waals surface area contributed by atoms with E-state index in [0.29, 0.717) is 17.1 Å². The summed E-state index contributed by atoms with van der Waals surface area (Å²) in [6, 6.07) is 1.56. The van der Waals surface area contributed by atoms with E-state index in [-0.39, 0.29) is 5.54 Å². The van der Waals surface area contributed by atoms with Gasteiger partial charge in [-0.25, -0.2) is 9.78 Å². The highest BCUT2D eigenvalue weighted by Gasteiger charge is 2.32. The van der Waals surface area contributed by atoms with Gasteiger partial charge in [-0.15, -0.1) is 0 Å². The monoisotopic (exact) mass is 235 g/mol. The number of nitrogens with two attached hydrogens (primary N) is 1. The molecule has 1 aliphatic rings. The van der Waals surface area contributed by atoms with Crippen molar-refractivity contribution in [1.82, 2.24) is 4.98 Å². The Labute approximate surface area is 100 Å². The lowest BCUT2D eigenvalue weighted by molar-refractivity contribution is 0.0602. The van der Waals surface area contributed by atoms with Crippen LogP contribution in [0.2, 0.25) is 0 Å². The maximum Gasteiger partial charge on any atom is 0.340 e. The fourth-order valence-electron chi connectivity index (χ4n) is 1.98. The van der Waals surface area contributed by atoms with E-state index in [0.717, 1.165) is 12.8 Å². The second kappa shape index (κ2) is 4.24. The normalized spacial score (nSPS) is 17.1. The number of nitrogen functional groups attached to an aromatic ring is 1. The van der Waals surface area contributed by atoms with E-state index in [1.807, 2.05) is 0 Å². The predicted molar refractivity (Wildman–Crippen MR) is 65.9 cm³/mol. The van der Waals surface area contributed by atoms with Crippen molar-refractivity contribution >= 4 is 17.5 Å². The first-order chi connectivity index (χ1) is 8.06. The average molecular weight is 235 g/mol. The van der Waals surface area contributed by atoms with Gasteiger partial charge in [0, 0.05) is 11.7 Å². The van der Waals surface area contributed by atoms with E-state index >= 15 is 0 Å². The molecule has 1 heterocycles. The summed E-state index contributed by atoms with van der Waals surface area (Å²) in [6.07, 6.45) is 4.96. The van der Waals surface area contributed by atoms with Gasteiger partial charge in [-0.05, 0) is 32.3 Å². The number of aromatic nitrogens is 1. The van der Waals surface area contributed by atoms with Crippen LogP contribution in [0.25, 0.3) is 0 Å². The van der Waals surface area contributed by atoms with Crippen molar-refractivity contribution in [2.45, 2.75) is 31.7 Å². The summed E-state index contributed by atoms with van der Waals surface area (Å²) in [5, 5.41) is 3.30. The van der Waals surface area contributed by atoms with Gasteiger partial charge in [-0.3, -0.25) is 0 Å². The van der Waals surface area contributed by atoms with Crippen LogP contribution in [-0.4, -0.2) is 23.6 Å². The van der Waals surface area contributed by atoms with E-state index in [1.54, 1.807) is 12.3 Å². The zero-order valence-electron chi connectivity index (χ0n) is 10.1. The molecule has 1 saturated carbocycles. The molecule has 0 spiro atoms. The van der Waals surface area contributed by atoms with Gasteiger partial charge in [0.05, 0.1) is 18.4 Å². The molecule has 3 N–H and O–H groups in total. The molecule has 0 aliphatic heterocycles. The van der Waals surface area contributed by atoms with Crippen LogP contribution in [0.5, 0.6) is 0 Å². The number of rotatable bonds is 3. The molecular formula is C12H17N3O2. The number of esters is 1. The van der Waals surface area contributed by atoms with Crippen molar-refractivity contribution in [1.29, 1.82) is 0 Å². The van der Waals surface area contributed by atoms with Crippen LogP contribution in [-0.2, 0) is 4.74 Å². The number of carbonyl (C=O) groups excluding carboxylic acids is 1. The van der Waals surface area contributed by atoms with Crippen molar-refractivity contribution in [3.05, 3.63) is 17.8 Å². The molecule has 1 fully saturated rings. The highest BCUT2D eigenvalue weighted by Crippen LogP contribution is 2.36. The Balaban J connectivity index is 2.26. The molecule has 0 radical (unpaired) electrons. The van der Waals surface area contributed by atoms with Gasteiger partial charge in [-0.1, -0.05) is 0 Å².